The lowest BCUT2D eigenvalue weighted by Crippen LogP contribution is -2.26. The molecule has 0 spiro atoms. The van der Waals surface area contributed by atoms with Crippen molar-refractivity contribution in [3.8, 4) is 0 Å². The average molecular weight is 391 g/mol. The number of hydrogen-bond acceptors (Lipinski definition) is 2. The molecule has 0 amide bonds. The second kappa shape index (κ2) is 5.12. The SMILES string of the molecule is CCCCC1=C(Br)C(=O)O[C@@]1(Br)CBr. The fourth-order valence-corrected chi connectivity index (χ4v) is 3.16. The Hall–Kier alpha value is 0.650. The zero-order valence-electron chi connectivity index (χ0n) is 7.78. The molecule has 1 atom stereocenters. The number of ether oxygens (including phenoxy) is 1. The van der Waals surface area contributed by atoms with E-state index in [9.17, 15) is 4.79 Å². The monoisotopic (exact) mass is 388 g/mol. The normalized spacial score (nSPS) is 27.0. The first-order valence-electron chi connectivity index (χ1n) is 4.42. The molecule has 0 saturated carbocycles. The third-order valence-corrected chi connectivity index (χ3v) is 5.37. The van der Waals surface area contributed by atoms with Gasteiger partial charge in [-0.15, -0.1) is 0 Å². The van der Waals surface area contributed by atoms with E-state index in [0.29, 0.717) is 9.81 Å². The molecule has 1 aliphatic rings. The van der Waals surface area contributed by atoms with Crippen LogP contribution in [0.4, 0.5) is 0 Å². The van der Waals surface area contributed by atoms with E-state index in [4.69, 9.17) is 4.74 Å². The van der Waals surface area contributed by atoms with Crippen molar-refractivity contribution in [1.82, 2.24) is 0 Å². The number of alkyl halides is 2. The highest BCUT2D eigenvalue weighted by Crippen LogP contribution is 2.43. The van der Waals surface area contributed by atoms with E-state index in [2.05, 4.69) is 54.7 Å². The third-order valence-electron chi connectivity index (χ3n) is 2.10. The maximum absolute atomic E-state index is 11.3. The Morgan fingerprint density at radius 3 is 2.64 bits per heavy atom. The summed E-state index contributed by atoms with van der Waals surface area (Å²) in [4.78, 5) is 11.3. The van der Waals surface area contributed by atoms with Gasteiger partial charge in [0.1, 0.15) is 4.48 Å². The highest BCUT2D eigenvalue weighted by molar-refractivity contribution is 9.13. The molecule has 0 saturated heterocycles. The van der Waals surface area contributed by atoms with Gasteiger partial charge in [-0.25, -0.2) is 4.79 Å². The topological polar surface area (TPSA) is 26.3 Å². The molecular formula is C9H11Br3O2. The van der Waals surface area contributed by atoms with Gasteiger partial charge >= 0.3 is 5.97 Å². The van der Waals surface area contributed by atoms with Gasteiger partial charge in [0.25, 0.3) is 0 Å². The summed E-state index contributed by atoms with van der Waals surface area (Å²) < 4.78 is 5.16. The summed E-state index contributed by atoms with van der Waals surface area (Å²) in [6.07, 6.45) is 3.03. The Kier molecular flexibility index (Phi) is 4.65. The van der Waals surface area contributed by atoms with Gasteiger partial charge in [0.05, 0.1) is 5.33 Å². The molecule has 2 nitrogen and oxygen atoms in total. The summed E-state index contributed by atoms with van der Waals surface area (Å²) in [5.74, 6) is -0.285. The van der Waals surface area contributed by atoms with Gasteiger partial charge in [0.2, 0.25) is 0 Å². The predicted octanol–water partition coefficient (Wildman–Crippen LogP) is 3.87. The molecule has 0 radical (unpaired) electrons. The number of rotatable bonds is 4. The van der Waals surface area contributed by atoms with Crippen LogP contribution in [0.2, 0.25) is 0 Å². The van der Waals surface area contributed by atoms with E-state index < -0.39 is 4.51 Å². The lowest BCUT2D eigenvalue weighted by molar-refractivity contribution is -0.139. The fraction of sp³-hybridized carbons (Fsp3) is 0.667. The molecule has 0 aromatic carbocycles. The quantitative estimate of drug-likeness (QED) is 0.538. The van der Waals surface area contributed by atoms with E-state index in [1.54, 1.807) is 0 Å². The highest BCUT2D eigenvalue weighted by atomic mass is 79.9. The molecule has 5 heteroatoms. The van der Waals surface area contributed by atoms with Gasteiger partial charge in [-0.05, 0) is 44.7 Å². The van der Waals surface area contributed by atoms with Crippen LogP contribution in [0.3, 0.4) is 0 Å². The maximum Gasteiger partial charge on any atom is 0.347 e. The number of halogens is 3. The van der Waals surface area contributed by atoms with Crippen molar-refractivity contribution in [3.63, 3.8) is 0 Å². The van der Waals surface area contributed by atoms with Gasteiger partial charge in [-0.1, -0.05) is 29.3 Å². The summed E-state index contributed by atoms with van der Waals surface area (Å²) in [5, 5.41) is 0.569. The number of esters is 1. The van der Waals surface area contributed by atoms with Gasteiger partial charge in [0.15, 0.2) is 4.51 Å². The number of carbonyl (C=O) groups excluding carboxylic acids is 1. The third kappa shape index (κ3) is 2.42. The zero-order chi connectivity index (χ0) is 10.8. The second-order valence-electron chi connectivity index (χ2n) is 3.15. The van der Waals surface area contributed by atoms with Crippen LogP contribution in [-0.4, -0.2) is 15.8 Å². The molecule has 14 heavy (non-hydrogen) atoms. The number of unbranched alkanes of at least 4 members (excludes halogenated alkanes) is 1. The Morgan fingerprint density at radius 1 is 1.50 bits per heavy atom. The number of carbonyl (C=O) groups is 1. The van der Waals surface area contributed by atoms with Gasteiger partial charge in [-0.3, -0.25) is 0 Å². The Morgan fingerprint density at radius 2 is 2.14 bits per heavy atom. The molecule has 0 bridgehead atoms. The Bertz CT molecular complexity index is 275. The van der Waals surface area contributed by atoms with Crippen molar-refractivity contribution < 1.29 is 9.53 Å². The van der Waals surface area contributed by atoms with Gasteiger partial charge in [-0.2, -0.15) is 0 Å². The molecule has 0 unspecified atom stereocenters. The van der Waals surface area contributed by atoms with Crippen molar-refractivity contribution >= 4 is 53.8 Å². The first-order chi connectivity index (χ1) is 6.55. The van der Waals surface area contributed by atoms with E-state index in [1.165, 1.54) is 0 Å². The molecule has 1 rings (SSSR count). The van der Waals surface area contributed by atoms with E-state index in [-0.39, 0.29) is 5.97 Å². The van der Waals surface area contributed by atoms with Crippen LogP contribution in [0, 0.1) is 0 Å². The van der Waals surface area contributed by atoms with Crippen LogP contribution >= 0.6 is 47.8 Å². The average Bonchev–Trinajstić information content (AvgIpc) is 2.37. The Balaban J connectivity index is 2.88. The first-order valence-corrected chi connectivity index (χ1v) is 7.13. The summed E-state index contributed by atoms with van der Waals surface area (Å²) >= 11 is 10.1. The molecule has 0 aliphatic carbocycles. The van der Waals surface area contributed by atoms with Crippen LogP contribution in [0.25, 0.3) is 0 Å². The first kappa shape index (κ1) is 12.7. The minimum absolute atomic E-state index is 0.285. The molecule has 1 aliphatic heterocycles. The van der Waals surface area contributed by atoms with Gasteiger partial charge < -0.3 is 4.74 Å². The Labute approximate surface area is 109 Å². The minimum Gasteiger partial charge on any atom is -0.438 e. The largest absolute Gasteiger partial charge is 0.438 e. The highest BCUT2D eigenvalue weighted by Gasteiger charge is 2.43. The fourth-order valence-electron chi connectivity index (χ4n) is 1.30. The molecule has 0 aromatic rings. The molecule has 0 fully saturated rings. The van der Waals surface area contributed by atoms with Crippen LogP contribution in [0.15, 0.2) is 10.1 Å². The molecule has 80 valence electrons. The van der Waals surface area contributed by atoms with Crippen molar-refractivity contribution in [2.75, 3.05) is 5.33 Å². The van der Waals surface area contributed by atoms with Crippen molar-refractivity contribution in [1.29, 1.82) is 0 Å². The standard InChI is InChI=1S/C9H11Br3O2/c1-2-3-4-6-7(11)8(13)14-9(6,12)5-10/h2-5H2,1H3/t9-/m0/s1. The molecular weight excluding hydrogens is 380 g/mol. The summed E-state index contributed by atoms with van der Waals surface area (Å²) in [5.41, 5.74) is 1.00. The summed E-state index contributed by atoms with van der Waals surface area (Å²) in [6, 6.07) is 0. The lowest BCUT2D eigenvalue weighted by Gasteiger charge is -2.21. The van der Waals surface area contributed by atoms with E-state index in [1.807, 2.05) is 0 Å². The lowest BCUT2D eigenvalue weighted by atomic mass is 10.1. The predicted molar refractivity (Wildman–Crippen MR) is 67.0 cm³/mol. The van der Waals surface area contributed by atoms with E-state index >= 15 is 0 Å². The second-order valence-corrected chi connectivity index (χ2v) is 5.78. The molecule has 0 aromatic heterocycles. The van der Waals surface area contributed by atoms with Crippen LogP contribution < -0.4 is 0 Å². The number of cyclic esters (lactones) is 1. The smallest absolute Gasteiger partial charge is 0.347 e. The summed E-state index contributed by atoms with van der Waals surface area (Å²) in [6.45, 7) is 2.12. The number of hydrogen-bond donors (Lipinski definition) is 0. The van der Waals surface area contributed by atoms with Crippen molar-refractivity contribution in [2.45, 2.75) is 30.7 Å². The van der Waals surface area contributed by atoms with E-state index in [0.717, 1.165) is 24.8 Å². The summed E-state index contributed by atoms with van der Waals surface area (Å²) in [7, 11) is 0. The maximum atomic E-state index is 11.3. The van der Waals surface area contributed by atoms with Crippen molar-refractivity contribution in [2.24, 2.45) is 0 Å². The van der Waals surface area contributed by atoms with Crippen LogP contribution in [0.5, 0.6) is 0 Å². The molecule has 1 heterocycles. The van der Waals surface area contributed by atoms with Crippen LogP contribution in [0.1, 0.15) is 26.2 Å². The van der Waals surface area contributed by atoms with Gasteiger partial charge in [0, 0.05) is 5.57 Å². The minimum atomic E-state index is -0.641. The molecule has 0 N–H and O–H groups in total. The van der Waals surface area contributed by atoms with Crippen LogP contribution in [-0.2, 0) is 9.53 Å². The van der Waals surface area contributed by atoms with Crippen molar-refractivity contribution in [3.05, 3.63) is 10.1 Å². The zero-order valence-corrected chi connectivity index (χ0v) is 12.5.